The zero-order valence-electron chi connectivity index (χ0n) is 18.3. The smallest absolute Gasteiger partial charge is 0.337 e. The van der Waals surface area contributed by atoms with Gasteiger partial charge in [0, 0.05) is 41.0 Å². The summed E-state index contributed by atoms with van der Waals surface area (Å²) in [6.07, 6.45) is 3.51. The molecule has 0 aliphatic carbocycles. The van der Waals surface area contributed by atoms with Crippen LogP contribution in [-0.2, 0) is 13.2 Å². The Kier molecular flexibility index (Phi) is 7.20. The molecule has 0 saturated carbocycles. The maximum atomic E-state index is 14.0. The third-order valence-electron chi connectivity index (χ3n) is 5.85. The number of aryl methyl sites for hydroxylation is 1. The highest BCUT2D eigenvalue weighted by Crippen LogP contribution is 2.29. The second kappa shape index (κ2) is 10.3. The highest BCUT2D eigenvalue weighted by Gasteiger charge is 2.24. The van der Waals surface area contributed by atoms with Gasteiger partial charge >= 0.3 is 5.97 Å². The zero-order chi connectivity index (χ0) is 23.4. The third kappa shape index (κ3) is 5.86. The molecule has 1 aliphatic heterocycles. The van der Waals surface area contributed by atoms with Crippen molar-refractivity contribution in [3.8, 4) is 5.88 Å². The summed E-state index contributed by atoms with van der Waals surface area (Å²) >= 11 is 5.80. The van der Waals surface area contributed by atoms with E-state index >= 15 is 0 Å². The van der Waals surface area contributed by atoms with Crippen LogP contribution in [0.2, 0.25) is 5.02 Å². The number of aromatic nitrogens is 2. The van der Waals surface area contributed by atoms with Crippen LogP contribution in [0.3, 0.4) is 0 Å². The molecule has 1 N–H and O–H groups in total. The Labute approximate surface area is 197 Å². The molecule has 0 unspecified atom stereocenters. The second-order valence-corrected chi connectivity index (χ2v) is 8.72. The monoisotopic (exact) mass is 469 g/mol. The Bertz CT molecular complexity index is 1150. The van der Waals surface area contributed by atoms with Gasteiger partial charge in [0.2, 0.25) is 5.88 Å². The molecule has 0 radical (unpaired) electrons. The van der Waals surface area contributed by atoms with Gasteiger partial charge in [0.1, 0.15) is 12.4 Å². The molecule has 1 aliphatic rings. The Balaban J connectivity index is 1.35. The number of rotatable bonds is 7. The minimum atomic E-state index is -0.949. The quantitative estimate of drug-likeness (QED) is 0.510. The van der Waals surface area contributed by atoms with Crippen LogP contribution >= 0.6 is 11.6 Å². The summed E-state index contributed by atoms with van der Waals surface area (Å²) < 4.78 is 19.7. The van der Waals surface area contributed by atoms with Gasteiger partial charge in [-0.05, 0) is 62.7 Å². The van der Waals surface area contributed by atoms with Crippen LogP contribution < -0.4 is 4.74 Å². The highest BCUT2D eigenvalue weighted by atomic mass is 35.5. The van der Waals surface area contributed by atoms with E-state index in [0.717, 1.165) is 37.2 Å². The van der Waals surface area contributed by atoms with Crippen LogP contribution in [0.5, 0.6) is 5.88 Å². The summed E-state index contributed by atoms with van der Waals surface area (Å²) in [7, 11) is 0. The Hall–Kier alpha value is -3.03. The topological polar surface area (TPSA) is 75.5 Å². The lowest BCUT2D eigenvalue weighted by atomic mass is 9.93. The molecule has 1 saturated heterocycles. The summed E-state index contributed by atoms with van der Waals surface area (Å²) in [6, 6.07) is 11.8. The van der Waals surface area contributed by atoms with Gasteiger partial charge in [-0.1, -0.05) is 23.7 Å². The molecular weight excluding hydrogens is 445 g/mol. The van der Waals surface area contributed by atoms with Gasteiger partial charge < -0.3 is 9.84 Å². The number of nitrogens with zero attached hydrogens (tertiary/aromatic N) is 3. The first-order valence-electron chi connectivity index (χ1n) is 10.8. The Morgan fingerprint density at radius 2 is 2.03 bits per heavy atom. The van der Waals surface area contributed by atoms with Crippen molar-refractivity contribution < 1.29 is 19.0 Å². The molecule has 0 atom stereocenters. The van der Waals surface area contributed by atoms with Crippen molar-refractivity contribution in [1.82, 2.24) is 14.9 Å². The van der Waals surface area contributed by atoms with Gasteiger partial charge in [-0.15, -0.1) is 0 Å². The molecule has 6 nitrogen and oxygen atoms in total. The fourth-order valence-corrected chi connectivity index (χ4v) is 4.20. The molecule has 0 bridgehead atoms. The number of aromatic carboxylic acids is 1. The first-order chi connectivity index (χ1) is 15.9. The number of likely N-dealkylation sites (tertiary alicyclic amines) is 1. The predicted octanol–water partition coefficient (Wildman–Crippen LogP) is 5.23. The van der Waals surface area contributed by atoms with Crippen molar-refractivity contribution in [3.05, 3.63) is 87.6 Å². The molecule has 33 heavy (non-hydrogen) atoms. The number of hydrogen-bond donors (Lipinski definition) is 1. The minimum absolute atomic E-state index is 0.0767. The van der Waals surface area contributed by atoms with E-state index in [4.69, 9.17) is 16.3 Å². The average molecular weight is 470 g/mol. The summed E-state index contributed by atoms with van der Waals surface area (Å²) in [5.41, 5.74) is 3.06. The first-order valence-corrected chi connectivity index (χ1v) is 11.2. The number of halogens is 2. The normalized spacial score (nSPS) is 14.9. The number of benzene rings is 1. The van der Waals surface area contributed by atoms with Crippen LogP contribution in [0, 0.1) is 12.7 Å². The van der Waals surface area contributed by atoms with E-state index in [2.05, 4.69) is 14.9 Å². The van der Waals surface area contributed by atoms with Crippen LogP contribution in [0.15, 0.2) is 48.7 Å². The largest absolute Gasteiger partial charge is 0.478 e. The van der Waals surface area contributed by atoms with Crippen molar-refractivity contribution in [2.24, 2.45) is 0 Å². The molecule has 0 amide bonds. The fraction of sp³-hybridized carbons (Fsp3) is 0.320. The van der Waals surface area contributed by atoms with Gasteiger partial charge in [-0.3, -0.25) is 9.88 Å². The maximum absolute atomic E-state index is 14.0. The van der Waals surface area contributed by atoms with Crippen LogP contribution in [0.4, 0.5) is 4.39 Å². The third-order valence-corrected chi connectivity index (χ3v) is 6.09. The molecule has 172 valence electrons. The molecule has 1 fully saturated rings. The zero-order valence-corrected chi connectivity index (χ0v) is 19.1. The summed E-state index contributed by atoms with van der Waals surface area (Å²) in [5.74, 6) is -0.614. The van der Waals surface area contributed by atoms with Crippen LogP contribution in [0.25, 0.3) is 0 Å². The van der Waals surface area contributed by atoms with Crippen molar-refractivity contribution in [3.63, 3.8) is 0 Å². The lowest BCUT2D eigenvalue weighted by Crippen LogP contribution is -2.33. The van der Waals surface area contributed by atoms with Crippen LogP contribution in [0.1, 0.15) is 51.6 Å². The average Bonchev–Trinajstić information content (AvgIpc) is 2.80. The summed E-state index contributed by atoms with van der Waals surface area (Å²) in [4.78, 5) is 22.8. The number of piperidine rings is 1. The lowest BCUT2D eigenvalue weighted by Gasteiger charge is -2.31. The molecule has 8 heteroatoms. The maximum Gasteiger partial charge on any atom is 0.337 e. The van der Waals surface area contributed by atoms with E-state index in [-0.39, 0.29) is 18.1 Å². The van der Waals surface area contributed by atoms with E-state index in [1.807, 2.05) is 19.1 Å². The van der Waals surface area contributed by atoms with Crippen LogP contribution in [-0.4, -0.2) is 39.0 Å². The van der Waals surface area contributed by atoms with Crippen molar-refractivity contribution >= 4 is 17.6 Å². The molecule has 2 aromatic heterocycles. The van der Waals surface area contributed by atoms with Gasteiger partial charge in [0.25, 0.3) is 0 Å². The van der Waals surface area contributed by atoms with E-state index in [9.17, 15) is 14.3 Å². The number of carbonyl (C=O) groups is 1. The van der Waals surface area contributed by atoms with Gasteiger partial charge in [-0.2, -0.15) is 0 Å². The standard InChI is InChI=1S/C25H25ClFN3O3/c1-16-11-20(25(31)32)23(28-13-16)14-30-9-7-17(8-10-30)22-3-2-4-24(29-22)33-15-18-5-6-19(26)12-21(18)27/h2-6,11-13,17H,7-10,14-15H2,1H3,(H,31,32). The molecule has 3 heterocycles. The van der Waals surface area contributed by atoms with Gasteiger partial charge in [-0.25, -0.2) is 14.2 Å². The molecule has 0 spiro atoms. The summed E-state index contributed by atoms with van der Waals surface area (Å²) in [6.45, 7) is 4.07. The van der Waals surface area contributed by atoms with E-state index in [1.54, 1.807) is 30.5 Å². The SMILES string of the molecule is Cc1cnc(CN2CCC(c3cccc(OCc4ccc(Cl)cc4F)n3)CC2)c(C(=O)O)c1. The lowest BCUT2D eigenvalue weighted by molar-refractivity contribution is 0.0693. The van der Waals surface area contributed by atoms with Gasteiger partial charge in [0.05, 0.1) is 11.3 Å². The Morgan fingerprint density at radius 3 is 2.76 bits per heavy atom. The predicted molar refractivity (Wildman–Crippen MR) is 123 cm³/mol. The van der Waals surface area contributed by atoms with E-state index in [0.29, 0.717) is 28.7 Å². The molecular formula is C25H25ClFN3O3. The first kappa shape index (κ1) is 23.1. The second-order valence-electron chi connectivity index (χ2n) is 8.29. The number of carboxylic acids is 1. The van der Waals surface area contributed by atoms with E-state index in [1.165, 1.54) is 6.07 Å². The van der Waals surface area contributed by atoms with Crippen molar-refractivity contribution in [2.75, 3.05) is 13.1 Å². The molecule has 4 rings (SSSR count). The number of ether oxygens (including phenoxy) is 1. The number of hydrogen-bond acceptors (Lipinski definition) is 5. The highest BCUT2D eigenvalue weighted by molar-refractivity contribution is 6.30. The Morgan fingerprint density at radius 1 is 1.24 bits per heavy atom. The number of carboxylic acid groups (broad SMARTS) is 1. The summed E-state index contributed by atoms with van der Waals surface area (Å²) in [5, 5.41) is 9.82. The van der Waals surface area contributed by atoms with Crippen molar-refractivity contribution in [1.29, 1.82) is 0 Å². The van der Waals surface area contributed by atoms with E-state index < -0.39 is 11.8 Å². The van der Waals surface area contributed by atoms with Crippen molar-refractivity contribution in [2.45, 2.75) is 38.8 Å². The van der Waals surface area contributed by atoms with Gasteiger partial charge in [0.15, 0.2) is 0 Å². The molecule has 3 aromatic rings. The number of pyridine rings is 2. The minimum Gasteiger partial charge on any atom is -0.478 e. The molecule has 1 aromatic carbocycles. The fourth-order valence-electron chi connectivity index (χ4n) is 4.04.